The van der Waals surface area contributed by atoms with E-state index in [9.17, 15) is 14.7 Å². The lowest BCUT2D eigenvalue weighted by Crippen LogP contribution is -2.22. The Hall–Kier alpha value is -1.91. The maximum absolute atomic E-state index is 10.9. The van der Waals surface area contributed by atoms with Crippen LogP contribution in [0.1, 0.15) is 15.9 Å². The summed E-state index contributed by atoms with van der Waals surface area (Å²) in [5, 5.41) is 12.9. The van der Waals surface area contributed by atoms with Crippen LogP contribution in [0.5, 0.6) is 0 Å². The van der Waals surface area contributed by atoms with Crippen LogP contribution >= 0.6 is 0 Å². The van der Waals surface area contributed by atoms with E-state index in [-0.39, 0.29) is 17.9 Å². The van der Waals surface area contributed by atoms with Crippen LogP contribution in [0.2, 0.25) is 0 Å². The van der Waals surface area contributed by atoms with Crippen molar-refractivity contribution in [2.45, 2.75) is 6.42 Å². The predicted octanol–water partition coefficient (Wildman–Crippen LogP) is -1.06. The number of aromatic carboxylic acids is 1. The lowest BCUT2D eigenvalue weighted by atomic mass is 10.2. The van der Waals surface area contributed by atoms with Gasteiger partial charge in [-0.15, -0.1) is 0 Å². The van der Waals surface area contributed by atoms with Gasteiger partial charge in [0.05, 0.1) is 12.4 Å². The number of fused-ring (bicyclic) bond motifs is 1. The van der Waals surface area contributed by atoms with Gasteiger partial charge >= 0.3 is 0 Å². The first-order valence-electron chi connectivity index (χ1n) is 3.67. The number of hydrogen-bond donors (Lipinski definition) is 1. The van der Waals surface area contributed by atoms with E-state index < -0.39 is 5.97 Å². The predicted molar refractivity (Wildman–Crippen MR) is 40.9 cm³/mol. The highest BCUT2D eigenvalue weighted by atomic mass is 16.4. The minimum absolute atomic E-state index is 0.00440. The van der Waals surface area contributed by atoms with Gasteiger partial charge in [0, 0.05) is 17.3 Å². The molecule has 1 amide bonds. The summed E-state index contributed by atoms with van der Waals surface area (Å²) < 4.78 is 0. The largest absolute Gasteiger partial charge is 0.545 e. The first-order valence-corrected chi connectivity index (χ1v) is 3.67. The molecule has 0 atom stereocenters. The van der Waals surface area contributed by atoms with Gasteiger partial charge in [0.15, 0.2) is 0 Å². The SMILES string of the molecule is O=C1Cc2cc(C(=O)[O-])cnc2N1. The number of amides is 1. The van der Waals surface area contributed by atoms with Crippen molar-refractivity contribution in [2.24, 2.45) is 0 Å². The third-order valence-corrected chi connectivity index (χ3v) is 1.81. The van der Waals surface area contributed by atoms with Crippen molar-refractivity contribution in [3.05, 3.63) is 23.4 Å². The summed E-state index contributed by atoms with van der Waals surface area (Å²) in [6.45, 7) is 0. The van der Waals surface area contributed by atoms with E-state index in [1.165, 1.54) is 12.3 Å². The molecule has 0 aromatic carbocycles. The maximum atomic E-state index is 10.9. The molecule has 0 saturated heterocycles. The molecule has 1 aromatic rings. The Labute approximate surface area is 73.4 Å². The van der Waals surface area contributed by atoms with Crippen molar-refractivity contribution in [1.82, 2.24) is 4.98 Å². The molecule has 0 unspecified atom stereocenters. The number of carboxylic acid groups (broad SMARTS) is 1. The fourth-order valence-corrected chi connectivity index (χ4v) is 1.22. The van der Waals surface area contributed by atoms with Crippen LogP contribution in [0.4, 0.5) is 5.82 Å². The lowest BCUT2D eigenvalue weighted by molar-refractivity contribution is -0.255. The van der Waals surface area contributed by atoms with Crippen LogP contribution in [0, 0.1) is 0 Å². The summed E-state index contributed by atoms with van der Waals surface area (Å²) in [5.41, 5.74) is 0.599. The first-order chi connectivity index (χ1) is 6.16. The molecule has 0 saturated carbocycles. The number of aromatic nitrogens is 1. The van der Waals surface area contributed by atoms with Crippen molar-refractivity contribution in [3.8, 4) is 0 Å². The molecule has 2 heterocycles. The molecule has 0 bridgehead atoms. The van der Waals surface area contributed by atoms with Gasteiger partial charge in [0.2, 0.25) is 5.91 Å². The molecule has 5 heteroatoms. The lowest BCUT2D eigenvalue weighted by Gasteiger charge is -2.02. The third kappa shape index (κ3) is 1.24. The van der Waals surface area contributed by atoms with Gasteiger partial charge in [0.1, 0.15) is 5.82 Å². The Kier molecular flexibility index (Phi) is 1.51. The van der Waals surface area contributed by atoms with Crippen molar-refractivity contribution in [1.29, 1.82) is 0 Å². The number of nitrogens with zero attached hydrogens (tertiary/aromatic N) is 1. The quantitative estimate of drug-likeness (QED) is 0.592. The molecular formula is C8H5N2O3-. The molecule has 1 aromatic heterocycles. The molecule has 66 valence electrons. The van der Waals surface area contributed by atoms with Gasteiger partial charge in [-0.2, -0.15) is 0 Å². The van der Waals surface area contributed by atoms with E-state index in [0.717, 1.165) is 0 Å². The van der Waals surface area contributed by atoms with Gasteiger partial charge in [0.25, 0.3) is 0 Å². The van der Waals surface area contributed by atoms with Crippen LogP contribution in [-0.4, -0.2) is 16.9 Å². The Bertz CT molecular complexity index is 400. The van der Waals surface area contributed by atoms with Crippen LogP contribution in [0.25, 0.3) is 0 Å². The molecule has 13 heavy (non-hydrogen) atoms. The van der Waals surface area contributed by atoms with E-state index in [2.05, 4.69) is 10.3 Å². The zero-order valence-electron chi connectivity index (χ0n) is 6.53. The Balaban J connectivity index is 2.45. The molecular weight excluding hydrogens is 172 g/mol. The van der Waals surface area contributed by atoms with E-state index in [1.807, 2.05) is 0 Å². The number of pyridine rings is 1. The average molecular weight is 177 g/mol. The Morgan fingerprint density at radius 2 is 2.38 bits per heavy atom. The van der Waals surface area contributed by atoms with Crippen molar-refractivity contribution >= 4 is 17.7 Å². The fourth-order valence-electron chi connectivity index (χ4n) is 1.22. The summed E-state index contributed by atoms with van der Waals surface area (Å²) in [5.74, 6) is -1.01. The summed E-state index contributed by atoms with van der Waals surface area (Å²) >= 11 is 0. The average Bonchev–Trinajstić information content (AvgIpc) is 2.42. The molecule has 0 aliphatic carbocycles. The van der Waals surface area contributed by atoms with Gasteiger partial charge in [-0.05, 0) is 6.07 Å². The molecule has 1 N–H and O–H groups in total. The summed E-state index contributed by atoms with van der Waals surface area (Å²) in [4.78, 5) is 25.1. The van der Waals surface area contributed by atoms with E-state index in [4.69, 9.17) is 0 Å². The standard InChI is InChI=1S/C8H6N2O3/c11-6-2-4-1-5(8(12)13)3-9-7(4)10-6/h1,3H,2H2,(H,12,13)(H,9,10,11)/p-1. The van der Waals surface area contributed by atoms with E-state index in [1.54, 1.807) is 0 Å². The summed E-state index contributed by atoms with van der Waals surface area (Å²) in [6.07, 6.45) is 1.35. The van der Waals surface area contributed by atoms with Gasteiger partial charge < -0.3 is 15.2 Å². The summed E-state index contributed by atoms with van der Waals surface area (Å²) in [7, 11) is 0. The first kappa shape index (κ1) is 7.72. The Morgan fingerprint density at radius 1 is 1.62 bits per heavy atom. The second-order valence-corrected chi connectivity index (χ2v) is 2.74. The maximum Gasteiger partial charge on any atom is 0.230 e. The van der Waals surface area contributed by atoms with Crippen LogP contribution < -0.4 is 10.4 Å². The van der Waals surface area contributed by atoms with Crippen LogP contribution in [0.15, 0.2) is 12.3 Å². The number of carbonyl (C=O) groups excluding carboxylic acids is 2. The Morgan fingerprint density at radius 3 is 3.08 bits per heavy atom. The van der Waals surface area contributed by atoms with Gasteiger partial charge in [-0.25, -0.2) is 4.98 Å². The van der Waals surface area contributed by atoms with Crippen molar-refractivity contribution in [3.63, 3.8) is 0 Å². The normalized spacial score (nSPS) is 13.7. The number of nitrogens with one attached hydrogen (secondary N) is 1. The number of carbonyl (C=O) groups is 2. The number of hydrogen-bond acceptors (Lipinski definition) is 4. The highest BCUT2D eigenvalue weighted by molar-refractivity contribution is 5.98. The fraction of sp³-hybridized carbons (Fsp3) is 0.125. The molecule has 1 aliphatic rings. The smallest absolute Gasteiger partial charge is 0.230 e. The van der Waals surface area contributed by atoms with Crippen molar-refractivity contribution in [2.75, 3.05) is 5.32 Å². The number of carboxylic acids is 1. The zero-order chi connectivity index (χ0) is 9.42. The monoisotopic (exact) mass is 177 g/mol. The second kappa shape index (κ2) is 2.55. The van der Waals surface area contributed by atoms with Gasteiger partial charge in [-0.1, -0.05) is 0 Å². The molecule has 1 aliphatic heterocycles. The molecule has 0 fully saturated rings. The number of anilines is 1. The molecule has 2 rings (SSSR count). The highest BCUT2D eigenvalue weighted by Gasteiger charge is 2.18. The number of rotatable bonds is 1. The van der Waals surface area contributed by atoms with Crippen LogP contribution in [0.3, 0.4) is 0 Å². The summed E-state index contributed by atoms with van der Waals surface area (Å²) in [6, 6.07) is 1.40. The molecule has 5 nitrogen and oxygen atoms in total. The third-order valence-electron chi connectivity index (χ3n) is 1.81. The van der Waals surface area contributed by atoms with E-state index >= 15 is 0 Å². The minimum Gasteiger partial charge on any atom is -0.545 e. The molecule has 0 radical (unpaired) electrons. The second-order valence-electron chi connectivity index (χ2n) is 2.74. The molecule has 0 spiro atoms. The van der Waals surface area contributed by atoms with E-state index in [0.29, 0.717) is 11.4 Å². The van der Waals surface area contributed by atoms with Gasteiger partial charge in [-0.3, -0.25) is 4.79 Å². The van der Waals surface area contributed by atoms with Crippen molar-refractivity contribution < 1.29 is 14.7 Å². The zero-order valence-corrected chi connectivity index (χ0v) is 6.53. The highest BCUT2D eigenvalue weighted by Crippen LogP contribution is 2.20. The topological polar surface area (TPSA) is 82.1 Å². The minimum atomic E-state index is -1.28. The van der Waals surface area contributed by atoms with Crippen LogP contribution in [-0.2, 0) is 11.2 Å².